The summed E-state index contributed by atoms with van der Waals surface area (Å²) < 4.78 is 1.57. The zero-order chi connectivity index (χ0) is 14.3. The topological polar surface area (TPSA) is 64.1 Å². The number of phenolic OH excluding ortho intramolecular Hbond substituents is 1. The number of nitrogens with two attached hydrogens (primary N) is 1. The molecule has 0 spiro atoms. The van der Waals surface area contributed by atoms with Crippen LogP contribution in [0.4, 0.5) is 5.82 Å². The number of aromatic hydroxyl groups is 1. The van der Waals surface area contributed by atoms with Crippen LogP contribution in [-0.4, -0.2) is 14.9 Å². The first kappa shape index (κ1) is 13.7. The van der Waals surface area contributed by atoms with Crippen LogP contribution in [0.5, 0.6) is 5.75 Å². The van der Waals surface area contributed by atoms with Gasteiger partial charge in [-0.3, -0.25) is 4.68 Å². The lowest BCUT2D eigenvalue weighted by atomic mass is 9.94. The fourth-order valence-corrected chi connectivity index (χ4v) is 2.32. The molecule has 0 radical (unpaired) electrons. The summed E-state index contributed by atoms with van der Waals surface area (Å²) in [6, 6.07) is 3.55. The maximum Gasteiger partial charge on any atom is 0.128 e. The van der Waals surface area contributed by atoms with Crippen molar-refractivity contribution in [3.63, 3.8) is 0 Å². The summed E-state index contributed by atoms with van der Waals surface area (Å²) in [5.74, 6) is 0.952. The van der Waals surface area contributed by atoms with Crippen LogP contribution in [0.2, 0.25) is 5.02 Å². The summed E-state index contributed by atoms with van der Waals surface area (Å²) in [6.45, 7) is 5.89. The van der Waals surface area contributed by atoms with Crippen LogP contribution >= 0.6 is 11.6 Å². The molecule has 0 aliphatic rings. The lowest BCUT2D eigenvalue weighted by molar-refractivity contribution is 0.466. The van der Waals surface area contributed by atoms with Gasteiger partial charge < -0.3 is 10.8 Å². The first-order valence-electron chi connectivity index (χ1n) is 6.14. The van der Waals surface area contributed by atoms with E-state index in [1.807, 2.05) is 26.8 Å². The Morgan fingerprint density at radius 2 is 2.00 bits per heavy atom. The number of nitrogen functional groups attached to an aromatic ring is 1. The Morgan fingerprint density at radius 1 is 1.37 bits per heavy atom. The molecule has 0 bridgehead atoms. The standard InChI is InChI=1S/C14H18ClN3O/c1-7(2)9-5-10(15)8(3)13(14(9)19)11-6-12(16)18(4)17-11/h5-7,19H,16H2,1-4H3. The second-order valence-corrected chi connectivity index (χ2v) is 5.44. The summed E-state index contributed by atoms with van der Waals surface area (Å²) in [7, 11) is 1.76. The van der Waals surface area contributed by atoms with Gasteiger partial charge in [0, 0.05) is 23.7 Å². The smallest absolute Gasteiger partial charge is 0.128 e. The number of hydrogen-bond donors (Lipinski definition) is 2. The molecule has 1 aromatic carbocycles. The van der Waals surface area contributed by atoms with Crippen molar-refractivity contribution in [2.24, 2.45) is 7.05 Å². The van der Waals surface area contributed by atoms with Crippen LogP contribution in [0.1, 0.15) is 30.9 Å². The van der Waals surface area contributed by atoms with Crippen LogP contribution in [0.3, 0.4) is 0 Å². The van der Waals surface area contributed by atoms with Crippen LogP contribution in [0, 0.1) is 6.92 Å². The van der Waals surface area contributed by atoms with Crippen molar-refractivity contribution in [3.8, 4) is 17.0 Å². The molecule has 102 valence electrons. The SMILES string of the molecule is Cc1c(Cl)cc(C(C)C)c(O)c1-c1cc(N)n(C)n1. The first-order chi connectivity index (χ1) is 8.82. The normalized spacial score (nSPS) is 11.3. The van der Waals surface area contributed by atoms with Gasteiger partial charge in [0.2, 0.25) is 0 Å². The van der Waals surface area contributed by atoms with E-state index in [-0.39, 0.29) is 11.7 Å². The van der Waals surface area contributed by atoms with E-state index in [9.17, 15) is 5.11 Å². The van der Waals surface area contributed by atoms with Crippen molar-refractivity contribution in [2.75, 3.05) is 5.73 Å². The fraction of sp³-hybridized carbons (Fsp3) is 0.357. The number of rotatable bonds is 2. The minimum atomic E-state index is 0.179. The zero-order valence-corrected chi connectivity index (χ0v) is 12.3. The number of aromatic nitrogens is 2. The summed E-state index contributed by atoms with van der Waals surface area (Å²) in [6.07, 6.45) is 0. The van der Waals surface area contributed by atoms with E-state index in [1.165, 1.54) is 0 Å². The van der Waals surface area contributed by atoms with Gasteiger partial charge in [-0.05, 0) is 30.0 Å². The molecule has 19 heavy (non-hydrogen) atoms. The predicted molar refractivity (Wildman–Crippen MR) is 78.6 cm³/mol. The Hall–Kier alpha value is -1.68. The zero-order valence-electron chi connectivity index (χ0n) is 11.5. The number of phenols is 1. The summed E-state index contributed by atoms with van der Waals surface area (Å²) in [5, 5.41) is 15.4. The largest absolute Gasteiger partial charge is 0.507 e. The molecule has 0 saturated carbocycles. The second kappa shape index (κ2) is 4.78. The number of nitrogens with zero attached hydrogens (tertiary/aromatic N) is 2. The van der Waals surface area contributed by atoms with Gasteiger partial charge >= 0.3 is 0 Å². The third-order valence-corrected chi connectivity index (χ3v) is 3.71. The molecule has 0 aliphatic carbocycles. The monoisotopic (exact) mass is 279 g/mol. The molecular weight excluding hydrogens is 262 g/mol. The minimum Gasteiger partial charge on any atom is -0.507 e. The summed E-state index contributed by atoms with van der Waals surface area (Å²) >= 11 is 6.25. The van der Waals surface area contributed by atoms with Crippen LogP contribution < -0.4 is 5.73 Å². The Balaban J connectivity index is 2.74. The second-order valence-electron chi connectivity index (χ2n) is 5.03. The molecule has 0 aliphatic heterocycles. The van der Waals surface area contributed by atoms with Crippen molar-refractivity contribution < 1.29 is 5.11 Å². The quantitative estimate of drug-likeness (QED) is 0.885. The van der Waals surface area contributed by atoms with Crippen molar-refractivity contribution in [1.29, 1.82) is 0 Å². The molecule has 0 fully saturated rings. The highest BCUT2D eigenvalue weighted by Gasteiger charge is 2.19. The highest BCUT2D eigenvalue weighted by molar-refractivity contribution is 6.32. The van der Waals surface area contributed by atoms with Crippen LogP contribution in [0.25, 0.3) is 11.3 Å². The summed E-state index contributed by atoms with van der Waals surface area (Å²) in [4.78, 5) is 0. The molecule has 2 rings (SSSR count). The highest BCUT2D eigenvalue weighted by Crippen LogP contribution is 2.41. The van der Waals surface area contributed by atoms with Gasteiger partial charge in [-0.1, -0.05) is 25.4 Å². The van der Waals surface area contributed by atoms with Crippen molar-refractivity contribution >= 4 is 17.4 Å². The van der Waals surface area contributed by atoms with E-state index in [1.54, 1.807) is 17.8 Å². The molecule has 2 aromatic rings. The van der Waals surface area contributed by atoms with Crippen LogP contribution in [0.15, 0.2) is 12.1 Å². The lowest BCUT2D eigenvalue weighted by Crippen LogP contribution is -1.97. The number of hydrogen-bond acceptors (Lipinski definition) is 3. The predicted octanol–water partition coefficient (Wildman–Crippen LogP) is 3.46. The molecule has 0 saturated heterocycles. The average Bonchev–Trinajstić information content (AvgIpc) is 2.64. The number of anilines is 1. The Kier molecular flexibility index (Phi) is 3.45. The average molecular weight is 280 g/mol. The van der Waals surface area contributed by atoms with Crippen molar-refractivity contribution in [3.05, 3.63) is 28.3 Å². The fourth-order valence-electron chi connectivity index (χ4n) is 2.11. The van der Waals surface area contributed by atoms with E-state index in [2.05, 4.69) is 5.10 Å². The van der Waals surface area contributed by atoms with Gasteiger partial charge in [0.1, 0.15) is 11.6 Å². The van der Waals surface area contributed by atoms with E-state index < -0.39 is 0 Å². The van der Waals surface area contributed by atoms with E-state index in [0.29, 0.717) is 22.1 Å². The molecule has 5 heteroatoms. The molecule has 1 aromatic heterocycles. The number of benzene rings is 1. The van der Waals surface area contributed by atoms with Gasteiger partial charge in [0.05, 0.1) is 5.69 Å². The maximum atomic E-state index is 10.5. The molecule has 0 amide bonds. The van der Waals surface area contributed by atoms with Crippen molar-refractivity contribution in [2.45, 2.75) is 26.7 Å². The Bertz CT molecular complexity index is 613. The van der Waals surface area contributed by atoms with E-state index in [0.717, 1.165) is 11.1 Å². The summed E-state index contributed by atoms with van der Waals surface area (Å²) in [5.41, 5.74) is 8.72. The van der Waals surface area contributed by atoms with Gasteiger partial charge in [-0.2, -0.15) is 5.10 Å². The minimum absolute atomic E-state index is 0.179. The van der Waals surface area contributed by atoms with Gasteiger partial charge in [-0.15, -0.1) is 0 Å². The molecule has 3 N–H and O–H groups in total. The molecule has 0 atom stereocenters. The third-order valence-electron chi connectivity index (χ3n) is 3.32. The van der Waals surface area contributed by atoms with Gasteiger partial charge in [-0.25, -0.2) is 0 Å². The molecule has 0 unspecified atom stereocenters. The Morgan fingerprint density at radius 3 is 2.47 bits per heavy atom. The maximum absolute atomic E-state index is 10.5. The molecular formula is C14H18ClN3O. The highest BCUT2D eigenvalue weighted by atomic mass is 35.5. The van der Waals surface area contributed by atoms with E-state index in [4.69, 9.17) is 17.3 Å². The van der Waals surface area contributed by atoms with Crippen molar-refractivity contribution in [1.82, 2.24) is 9.78 Å². The van der Waals surface area contributed by atoms with Gasteiger partial charge in [0.25, 0.3) is 0 Å². The lowest BCUT2D eigenvalue weighted by Gasteiger charge is -2.15. The van der Waals surface area contributed by atoms with E-state index >= 15 is 0 Å². The first-order valence-corrected chi connectivity index (χ1v) is 6.52. The Labute approximate surface area is 117 Å². The molecule has 4 nitrogen and oxygen atoms in total. The molecule has 1 heterocycles. The number of halogens is 1. The number of aryl methyl sites for hydroxylation is 1. The van der Waals surface area contributed by atoms with Crippen LogP contribution in [-0.2, 0) is 7.05 Å². The third kappa shape index (κ3) is 2.28. The van der Waals surface area contributed by atoms with Gasteiger partial charge in [0.15, 0.2) is 0 Å².